The molecule has 30 heavy (non-hydrogen) atoms. The molecule has 0 aromatic heterocycles. The van der Waals surface area contributed by atoms with E-state index in [0.29, 0.717) is 52.5 Å². The number of benzene rings is 2. The SMILES string of the molecule is CC(=O)C(=O)c1ccc(OCCCOc2c(Cl)cc(OCC=C(Cl)Cl)cc2Cl)cc1. The van der Waals surface area contributed by atoms with Gasteiger partial charge < -0.3 is 14.2 Å². The summed E-state index contributed by atoms with van der Waals surface area (Å²) in [5, 5.41) is 0.621. The minimum absolute atomic E-state index is 0.106. The maximum atomic E-state index is 11.6. The minimum Gasteiger partial charge on any atom is -0.493 e. The quantitative estimate of drug-likeness (QED) is 0.209. The van der Waals surface area contributed by atoms with Gasteiger partial charge in [0.2, 0.25) is 5.78 Å². The van der Waals surface area contributed by atoms with Gasteiger partial charge in [-0.15, -0.1) is 0 Å². The lowest BCUT2D eigenvalue weighted by Crippen LogP contribution is -2.09. The Balaban J connectivity index is 1.79. The van der Waals surface area contributed by atoms with E-state index >= 15 is 0 Å². The first-order chi connectivity index (χ1) is 14.3. The van der Waals surface area contributed by atoms with E-state index in [9.17, 15) is 9.59 Å². The first kappa shape index (κ1) is 24.4. The van der Waals surface area contributed by atoms with Crippen molar-refractivity contribution in [3.8, 4) is 17.2 Å². The molecule has 0 N–H and O–H groups in total. The second-order valence-corrected chi connectivity index (χ2v) is 7.80. The smallest absolute Gasteiger partial charge is 0.228 e. The van der Waals surface area contributed by atoms with E-state index in [1.54, 1.807) is 36.4 Å². The summed E-state index contributed by atoms with van der Waals surface area (Å²) < 4.78 is 16.8. The largest absolute Gasteiger partial charge is 0.493 e. The maximum Gasteiger partial charge on any atom is 0.228 e. The van der Waals surface area contributed by atoms with Gasteiger partial charge in [0.25, 0.3) is 0 Å². The van der Waals surface area contributed by atoms with Crippen LogP contribution in [0.15, 0.2) is 47.0 Å². The van der Waals surface area contributed by atoms with E-state index in [0.717, 1.165) is 0 Å². The number of ketones is 2. The number of ether oxygens (including phenoxy) is 3. The van der Waals surface area contributed by atoms with Gasteiger partial charge in [-0.1, -0.05) is 46.4 Å². The molecular formula is C21H18Cl4O5. The van der Waals surface area contributed by atoms with Gasteiger partial charge in [-0.3, -0.25) is 9.59 Å². The molecule has 0 atom stereocenters. The van der Waals surface area contributed by atoms with Gasteiger partial charge in [0.15, 0.2) is 11.5 Å². The molecule has 0 amide bonds. The fourth-order valence-corrected chi connectivity index (χ4v) is 2.99. The van der Waals surface area contributed by atoms with Gasteiger partial charge in [-0.2, -0.15) is 0 Å². The Morgan fingerprint density at radius 3 is 2.07 bits per heavy atom. The molecule has 2 rings (SSSR count). The highest BCUT2D eigenvalue weighted by Gasteiger charge is 2.12. The Kier molecular flexibility index (Phi) is 9.79. The van der Waals surface area contributed by atoms with Crippen LogP contribution >= 0.6 is 46.4 Å². The first-order valence-electron chi connectivity index (χ1n) is 8.82. The van der Waals surface area contributed by atoms with Crippen molar-refractivity contribution in [2.75, 3.05) is 19.8 Å². The molecule has 9 heteroatoms. The third kappa shape index (κ3) is 7.73. The summed E-state index contributed by atoms with van der Waals surface area (Å²) in [5.74, 6) is 0.356. The molecule has 0 saturated heterocycles. The van der Waals surface area contributed by atoms with Crippen molar-refractivity contribution < 1.29 is 23.8 Å². The van der Waals surface area contributed by atoms with Crippen molar-refractivity contribution in [2.24, 2.45) is 0 Å². The van der Waals surface area contributed by atoms with Crippen molar-refractivity contribution in [3.05, 3.63) is 62.6 Å². The molecule has 0 fully saturated rings. The lowest BCUT2D eigenvalue weighted by Gasteiger charge is -2.12. The zero-order valence-corrected chi connectivity index (χ0v) is 18.9. The normalized spacial score (nSPS) is 10.3. The summed E-state index contributed by atoms with van der Waals surface area (Å²) in [6.07, 6.45) is 2.06. The van der Waals surface area contributed by atoms with Crippen LogP contribution in [0, 0.1) is 0 Å². The van der Waals surface area contributed by atoms with E-state index in [-0.39, 0.29) is 11.1 Å². The van der Waals surface area contributed by atoms with Gasteiger partial charge in [0.1, 0.15) is 22.6 Å². The molecule has 0 radical (unpaired) electrons. The molecule has 0 spiro atoms. The van der Waals surface area contributed by atoms with E-state index in [4.69, 9.17) is 60.6 Å². The number of Topliss-reactive ketones (excluding diaryl/α,β-unsaturated/α-hetero) is 2. The van der Waals surface area contributed by atoms with Crippen LogP contribution in [-0.4, -0.2) is 31.4 Å². The summed E-state index contributed by atoms with van der Waals surface area (Å²) in [5.41, 5.74) is 0.330. The molecule has 0 saturated carbocycles. The predicted octanol–water partition coefficient (Wildman–Crippen LogP) is 6.31. The van der Waals surface area contributed by atoms with Gasteiger partial charge in [-0.25, -0.2) is 0 Å². The van der Waals surface area contributed by atoms with E-state index in [1.807, 2.05) is 0 Å². The minimum atomic E-state index is -0.528. The maximum absolute atomic E-state index is 11.6. The fraction of sp³-hybridized carbons (Fsp3) is 0.238. The van der Waals surface area contributed by atoms with Crippen molar-refractivity contribution in [1.82, 2.24) is 0 Å². The molecule has 0 bridgehead atoms. The average molecular weight is 492 g/mol. The second-order valence-electron chi connectivity index (χ2n) is 5.98. The highest BCUT2D eigenvalue weighted by Crippen LogP contribution is 2.37. The number of rotatable bonds is 11. The fourth-order valence-electron chi connectivity index (χ4n) is 2.29. The number of halogens is 4. The molecule has 5 nitrogen and oxygen atoms in total. The van der Waals surface area contributed by atoms with Gasteiger partial charge in [0, 0.05) is 31.0 Å². The average Bonchev–Trinajstić information content (AvgIpc) is 2.69. The highest BCUT2D eigenvalue weighted by molar-refractivity contribution is 6.55. The van der Waals surface area contributed by atoms with Gasteiger partial charge in [-0.05, 0) is 30.3 Å². The van der Waals surface area contributed by atoms with Crippen LogP contribution in [0.5, 0.6) is 17.2 Å². The zero-order chi connectivity index (χ0) is 22.1. The Hall–Kier alpha value is -1.92. The Bertz CT molecular complexity index is 898. The molecule has 2 aromatic rings. The zero-order valence-electron chi connectivity index (χ0n) is 15.9. The molecule has 0 heterocycles. The third-order valence-corrected chi connectivity index (χ3v) is 4.57. The number of carbonyl (C=O) groups excluding carboxylic acids is 2. The monoisotopic (exact) mass is 490 g/mol. The van der Waals surface area contributed by atoms with Gasteiger partial charge in [0.05, 0.1) is 23.3 Å². The molecule has 0 aliphatic heterocycles. The van der Waals surface area contributed by atoms with E-state index in [1.165, 1.54) is 13.0 Å². The summed E-state index contributed by atoms with van der Waals surface area (Å²) >= 11 is 23.5. The summed E-state index contributed by atoms with van der Waals surface area (Å²) in [7, 11) is 0. The standard InChI is InChI=1S/C21H18Cl4O5/c1-13(26)20(27)14-3-5-15(6-4-14)28-8-2-9-30-21-17(22)11-16(12-18(21)23)29-10-7-19(24)25/h3-7,11-12H,2,8-10H2,1H3. The highest BCUT2D eigenvalue weighted by atomic mass is 35.5. The second kappa shape index (κ2) is 12.1. The van der Waals surface area contributed by atoms with Crippen LogP contribution in [0.2, 0.25) is 10.0 Å². The number of hydrogen-bond acceptors (Lipinski definition) is 5. The van der Waals surface area contributed by atoms with Crippen LogP contribution < -0.4 is 14.2 Å². The number of hydrogen-bond donors (Lipinski definition) is 0. The number of carbonyl (C=O) groups is 2. The molecule has 0 aliphatic rings. The van der Waals surface area contributed by atoms with Crippen LogP contribution in [0.25, 0.3) is 0 Å². The first-order valence-corrected chi connectivity index (χ1v) is 10.3. The van der Waals surface area contributed by atoms with Crippen molar-refractivity contribution in [1.29, 1.82) is 0 Å². The lowest BCUT2D eigenvalue weighted by atomic mass is 10.1. The molecule has 0 unspecified atom stereocenters. The topological polar surface area (TPSA) is 61.8 Å². The van der Waals surface area contributed by atoms with Crippen molar-refractivity contribution in [3.63, 3.8) is 0 Å². The third-order valence-electron chi connectivity index (χ3n) is 3.70. The van der Waals surface area contributed by atoms with Crippen LogP contribution in [0.1, 0.15) is 23.7 Å². The Labute approximate surface area is 194 Å². The molecule has 160 valence electrons. The van der Waals surface area contributed by atoms with Crippen LogP contribution in [-0.2, 0) is 4.79 Å². The van der Waals surface area contributed by atoms with Crippen molar-refractivity contribution in [2.45, 2.75) is 13.3 Å². The molecular weight excluding hydrogens is 474 g/mol. The molecule has 0 aliphatic carbocycles. The van der Waals surface area contributed by atoms with E-state index in [2.05, 4.69) is 0 Å². The predicted molar refractivity (Wildman–Crippen MR) is 119 cm³/mol. The summed E-state index contributed by atoms with van der Waals surface area (Å²) in [6.45, 7) is 2.12. The Morgan fingerprint density at radius 1 is 0.900 bits per heavy atom. The lowest BCUT2D eigenvalue weighted by molar-refractivity contribution is -0.113. The summed E-state index contributed by atoms with van der Waals surface area (Å²) in [4.78, 5) is 22.7. The molecule has 2 aromatic carbocycles. The van der Waals surface area contributed by atoms with E-state index < -0.39 is 11.6 Å². The Morgan fingerprint density at radius 2 is 1.50 bits per heavy atom. The van der Waals surface area contributed by atoms with Crippen LogP contribution in [0.3, 0.4) is 0 Å². The van der Waals surface area contributed by atoms with Crippen molar-refractivity contribution >= 4 is 58.0 Å². The van der Waals surface area contributed by atoms with Gasteiger partial charge >= 0.3 is 0 Å². The summed E-state index contributed by atoms with van der Waals surface area (Å²) in [6, 6.07) is 9.54. The van der Waals surface area contributed by atoms with Crippen LogP contribution in [0.4, 0.5) is 0 Å².